The van der Waals surface area contributed by atoms with E-state index in [9.17, 15) is 0 Å². The van der Waals surface area contributed by atoms with Gasteiger partial charge in [0.1, 0.15) is 17.1 Å². The van der Waals surface area contributed by atoms with E-state index in [1.807, 2.05) is 37.3 Å². The highest BCUT2D eigenvalue weighted by molar-refractivity contribution is 6.29. The first kappa shape index (κ1) is 12.4. The molecule has 4 heteroatoms. The summed E-state index contributed by atoms with van der Waals surface area (Å²) in [6, 6.07) is 11.7. The van der Waals surface area contributed by atoms with E-state index in [1.165, 1.54) is 0 Å². The quantitative estimate of drug-likeness (QED) is 0.786. The molecule has 0 amide bonds. The molecule has 0 radical (unpaired) electrons. The molecule has 19 heavy (non-hydrogen) atoms. The topological polar surface area (TPSA) is 35.0 Å². The van der Waals surface area contributed by atoms with E-state index < -0.39 is 0 Å². The van der Waals surface area contributed by atoms with Crippen LogP contribution >= 0.6 is 11.6 Å². The molecule has 1 aliphatic rings. The maximum atomic E-state index is 6.02. The Bertz CT molecular complexity index is 570. The standard InChI is InChI=1S/C15H15ClN2O/c1-10(11-5-3-2-4-6-11)19-14-9-13(16)17-15(18-14)12-7-8-12/h2-6,9-10,12H,7-8H2,1H3. The van der Waals surface area contributed by atoms with Crippen LogP contribution in [0.4, 0.5) is 0 Å². The summed E-state index contributed by atoms with van der Waals surface area (Å²) in [6.45, 7) is 2.00. The second-order valence-corrected chi connectivity index (χ2v) is 5.22. The van der Waals surface area contributed by atoms with Crippen molar-refractivity contribution in [3.63, 3.8) is 0 Å². The molecule has 1 aromatic heterocycles. The Balaban J connectivity index is 1.79. The first-order chi connectivity index (χ1) is 9.22. The fourth-order valence-corrected chi connectivity index (χ4v) is 2.15. The lowest BCUT2D eigenvalue weighted by Gasteiger charge is -2.14. The van der Waals surface area contributed by atoms with Crippen LogP contribution in [-0.2, 0) is 0 Å². The molecule has 1 fully saturated rings. The molecule has 1 aliphatic carbocycles. The highest BCUT2D eigenvalue weighted by atomic mass is 35.5. The Morgan fingerprint density at radius 1 is 1.21 bits per heavy atom. The number of rotatable bonds is 4. The summed E-state index contributed by atoms with van der Waals surface area (Å²) < 4.78 is 5.86. The first-order valence-corrected chi connectivity index (χ1v) is 6.86. The molecule has 0 bridgehead atoms. The van der Waals surface area contributed by atoms with Crippen molar-refractivity contribution in [2.75, 3.05) is 0 Å². The fourth-order valence-electron chi connectivity index (χ4n) is 1.97. The Kier molecular flexibility index (Phi) is 3.38. The van der Waals surface area contributed by atoms with E-state index >= 15 is 0 Å². The van der Waals surface area contributed by atoms with Crippen molar-refractivity contribution in [3.8, 4) is 5.88 Å². The predicted octanol–water partition coefficient (Wildman–Crippen LogP) is 4.15. The van der Waals surface area contributed by atoms with E-state index in [0.29, 0.717) is 17.0 Å². The van der Waals surface area contributed by atoms with Crippen molar-refractivity contribution in [2.45, 2.75) is 31.8 Å². The molecule has 0 saturated heterocycles. The summed E-state index contributed by atoms with van der Waals surface area (Å²) in [7, 11) is 0. The van der Waals surface area contributed by atoms with E-state index in [-0.39, 0.29) is 6.10 Å². The minimum absolute atomic E-state index is 0.0563. The van der Waals surface area contributed by atoms with Crippen LogP contribution in [0, 0.1) is 0 Å². The van der Waals surface area contributed by atoms with Crippen LogP contribution in [0.15, 0.2) is 36.4 Å². The van der Waals surface area contributed by atoms with Gasteiger partial charge in [0.05, 0.1) is 0 Å². The van der Waals surface area contributed by atoms with E-state index in [2.05, 4.69) is 9.97 Å². The molecular formula is C15H15ClN2O. The van der Waals surface area contributed by atoms with Gasteiger partial charge in [0.2, 0.25) is 5.88 Å². The van der Waals surface area contributed by atoms with Crippen LogP contribution < -0.4 is 4.74 Å². The molecule has 3 rings (SSSR count). The van der Waals surface area contributed by atoms with Crippen molar-refractivity contribution < 1.29 is 4.74 Å². The second kappa shape index (κ2) is 5.17. The lowest BCUT2D eigenvalue weighted by molar-refractivity contribution is 0.216. The van der Waals surface area contributed by atoms with Crippen molar-refractivity contribution in [1.82, 2.24) is 9.97 Å². The largest absolute Gasteiger partial charge is 0.470 e. The maximum absolute atomic E-state index is 6.02. The van der Waals surface area contributed by atoms with Gasteiger partial charge >= 0.3 is 0 Å². The molecular weight excluding hydrogens is 260 g/mol. The molecule has 1 atom stereocenters. The Morgan fingerprint density at radius 3 is 2.63 bits per heavy atom. The van der Waals surface area contributed by atoms with Gasteiger partial charge < -0.3 is 4.74 Å². The number of halogens is 1. The highest BCUT2D eigenvalue weighted by Gasteiger charge is 2.27. The Hall–Kier alpha value is -1.61. The van der Waals surface area contributed by atoms with Gasteiger partial charge in [-0.15, -0.1) is 0 Å². The summed E-state index contributed by atoms with van der Waals surface area (Å²) in [5.74, 6) is 1.83. The van der Waals surface area contributed by atoms with Gasteiger partial charge in [0.25, 0.3) is 0 Å². The number of benzene rings is 1. The summed E-state index contributed by atoms with van der Waals surface area (Å²) in [4.78, 5) is 8.69. The number of ether oxygens (including phenoxy) is 1. The SMILES string of the molecule is CC(Oc1cc(Cl)nc(C2CC2)n1)c1ccccc1. The summed E-state index contributed by atoms with van der Waals surface area (Å²) in [5, 5.41) is 0.451. The molecule has 0 spiro atoms. The average molecular weight is 275 g/mol. The number of hydrogen-bond donors (Lipinski definition) is 0. The molecule has 1 aromatic carbocycles. The van der Waals surface area contributed by atoms with Gasteiger partial charge in [-0.25, -0.2) is 4.98 Å². The molecule has 0 N–H and O–H groups in total. The third kappa shape index (κ3) is 3.04. The minimum Gasteiger partial charge on any atom is -0.470 e. The molecule has 3 nitrogen and oxygen atoms in total. The van der Waals surface area contributed by atoms with Gasteiger partial charge in [-0.05, 0) is 25.3 Å². The second-order valence-electron chi connectivity index (χ2n) is 4.83. The van der Waals surface area contributed by atoms with Crippen LogP contribution in [0.25, 0.3) is 0 Å². The zero-order valence-corrected chi connectivity index (χ0v) is 11.5. The zero-order valence-electron chi connectivity index (χ0n) is 10.7. The van der Waals surface area contributed by atoms with Crippen molar-refractivity contribution in [1.29, 1.82) is 0 Å². The van der Waals surface area contributed by atoms with Crippen LogP contribution in [-0.4, -0.2) is 9.97 Å². The number of nitrogens with zero attached hydrogens (tertiary/aromatic N) is 2. The summed E-state index contributed by atoms with van der Waals surface area (Å²) >= 11 is 6.02. The van der Waals surface area contributed by atoms with E-state index in [0.717, 1.165) is 24.2 Å². The number of hydrogen-bond acceptors (Lipinski definition) is 3. The fraction of sp³-hybridized carbons (Fsp3) is 0.333. The molecule has 1 unspecified atom stereocenters. The highest BCUT2D eigenvalue weighted by Crippen LogP contribution is 2.39. The van der Waals surface area contributed by atoms with Gasteiger partial charge in [0.15, 0.2) is 0 Å². The van der Waals surface area contributed by atoms with Gasteiger partial charge in [-0.2, -0.15) is 4.98 Å². The zero-order chi connectivity index (χ0) is 13.2. The first-order valence-electron chi connectivity index (χ1n) is 6.48. The van der Waals surface area contributed by atoms with Crippen molar-refractivity contribution in [3.05, 3.63) is 52.9 Å². The van der Waals surface area contributed by atoms with Crippen molar-refractivity contribution in [2.24, 2.45) is 0 Å². The third-order valence-electron chi connectivity index (χ3n) is 3.20. The minimum atomic E-state index is -0.0563. The van der Waals surface area contributed by atoms with Gasteiger partial charge in [0, 0.05) is 12.0 Å². The summed E-state index contributed by atoms with van der Waals surface area (Å²) in [6.07, 6.45) is 2.24. The Labute approximate surface area is 117 Å². The predicted molar refractivity (Wildman–Crippen MR) is 74.5 cm³/mol. The van der Waals surface area contributed by atoms with Gasteiger partial charge in [-0.1, -0.05) is 41.9 Å². The normalized spacial score (nSPS) is 16.1. The maximum Gasteiger partial charge on any atom is 0.218 e. The third-order valence-corrected chi connectivity index (χ3v) is 3.39. The van der Waals surface area contributed by atoms with Crippen LogP contribution in [0.3, 0.4) is 0 Å². The average Bonchev–Trinajstić information content (AvgIpc) is 3.23. The molecule has 1 heterocycles. The number of aromatic nitrogens is 2. The molecule has 1 saturated carbocycles. The lowest BCUT2D eigenvalue weighted by atomic mass is 10.1. The van der Waals surface area contributed by atoms with Crippen LogP contribution in [0.2, 0.25) is 5.15 Å². The van der Waals surface area contributed by atoms with Crippen LogP contribution in [0.5, 0.6) is 5.88 Å². The molecule has 0 aliphatic heterocycles. The van der Waals surface area contributed by atoms with Gasteiger partial charge in [-0.3, -0.25) is 0 Å². The van der Waals surface area contributed by atoms with E-state index in [1.54, 1.807) is 6.07 Å². The smallest absolute Gasteiger partial charge is 0.218 e. The van der Waals surface area contributed by atoms with Crippen molar-refractivity contribution >= 4 is 11.6 Å². The molecule has 2 aromatic rings. The molecule has 98 valence electrons. The van der Waals surface area contributed by atoms with Crippen LogP contribution in [0.1, 0.15) is 43.2 Å². The lowest BCUT2D eigenvalue weighted by Crippen LogP contribution is -2.06. The summed E-state index contributed by atoms with van der Waals surface area (Å²) in [5.41, 5.74) is 1.12. The van der Waals surface area contributed by atoms with E-state index in [4.69, 9.17) is 16.3 Å². The monoisotopic (exact) mass is 274 g/mol. The Morgan fingerprint density at radius 2 is 1.95 bits per heavy atom.